The summed E-state index contributed by atoms with van der Waals surface area (Å²) >= 11 is 0.685. The minimum Gasteiger partial charge on any atom is -0.392 e. The van der Waals surface area contributed by atoms with Gasteiger partial charge in [0.1, 0.15) is 5.69 Å². The first-order valence-corrected chi connectivity index (χ1v) is 8.38. The number of carbonyl (C=O) groups is 2. The minimum absolute atomic E-state index is 0.0603. The molecule has 1 saturated heterocycles. The number of nitrogens with zero attached hydrogens (tertiary/aromatic N) is 2. The second-order valence-corrected chi connectivity index (χ2v) is 7.00. The lowest BCUT2D eigenvalue weighted by molar-refractivity contribution is -0.131. The van der Waals surface area contributed by atoms with Crippen LogP contribution in [0.15, 0.2) is 17.3 Å². The molecule has 7 nitrogen and oxygen atoms in total. The molecule has 0 aromatic carbocycles. The summed E-state index contributed by atoms with van der Waals surface area (Å²) in [4.78, 5) is 29.4. The zero-order chi connectivity index (χ0) is 18.8. The zero-order valence-electron chi connectivity index (χ0n) is 14.0. The Balaban J connectivity index is 2.15. The number of likely N-dealkylation sites (tertiary alicyclic amines) is 1. The maximum Gasteiger partial charge on any atom is 0.289 e. The molecule has 0 spiro atoms. The predicted molar refractivity (Wildman–Crippen MR) is 89.5 cm³/mol. The normalized spacial score (nSPS) is 17.1. The number of nitrogens with one attached hydrogen (secondary N) is 3. The van der Waals surface area contributed by atoms with Crippen molar-refractivity contribution in [3.63, 3.8) is 0 Å². The molecule has 25 heavy (non-hydrogen) atoms. The number of alkyl halides is 2. The van der Waals surface area contributed by atoms with E-state index in [0.29, 0.717) is 24.3 Å². The monoisotopic (exact) mass is 371 g/mol. The molecule has 1 aliphatic rings. The number of rotatable bonds is 5. The molecule has 0 radical (unpaired) electrons. The zero-order valence-corrected chi connectivity index (χ0v) is 14.8. The number of hydrogen-bond donors (Lipinski definition) is 3. The molecule has 2 amide bonds. The number of hydrogen-bond acceptors (Lipinski definition) is 6. The van der Waals surface area contributed by atoms with Crippen molar-refractivity contribution in [2.24, 2.45) is 5.41 Å². The number of amidine groups is 1. The standard InChI is InChI=1S/C15H19F2N5O2S/c1-15(2)4-5-22(14(15)24)11(18)8(6-19-3)20-12(23)9-7-25-13(21-9)10(16)17/h6-7,10,18-19H,4-5H2,1-3H3,(H,20,23)/b8-6+,18-11?. The fourth-order valence-corrected chi connectivity index (χ4v) is 2.96. The third kappa shape index (κ3) is 4.01. The lowest BCUT2D eigenvalue weighted by atomic mass is 9.92. The van der Waals surface area contributed by atoms with Crippen LogP contribution in [0.5, 0.6) is 0 Å². The van der Waals surface area contributed by atoms with E-state index >= 15 is 0 Å². The van der Waals surface area contributed by atoms with Crippen LogP contribution in [-0.2, 0) is 4.79 Å². The Morgan fingerprint density at radius 1 is 1.52 bits per heavy atom. The van der Waals surface area contributed by atoms with E-state index in [4.69, 9.17) is 5.41 Å². The molecule has 0 aliphatic carbocycles. The highest BCUT2D eigenvalue weighted by atomic mass is 32.1. The average Bonchev–Trinajstić information content (AvgIpc) is 3.13. The maximum atomic E-state index is 12.6. The van der Waals surface area contributed by atoms with Gasteiger partial charge in [-0.2, -0.15) is 0 Å². The molecular weight excluding hydrogens is 352 g/mol. The fraction of sp³-hybridized carbons (Fsp3) is 0.467. The van der Waals surface area contributed by atoms with Crippen LogP contribution >= 0.6 is 11.3 Å². The van der Waals surface area contributed by atoms with Crippen LogP contribution in [0.1, 0.15) is 42.2 Å². The molecule has 2 heterocycles. The smallest absolute Gasteiger partial charge is 0.289 e. The number of amides is 2. The molecule has 0 saturated carbocycles. The van der Waals surface area contributed by atoms with Gasteiger partial charge in [-0.15, -0.1) is 11.3 Å². The molecular formula is C15H19F2N5O2S. The molecule has 0 bridgehead atoms. The van der Waals surface area contributed by atoms with E-state index in [2.05, 4.69) is 15.6 Å². The van der Waals surface area contributed by atoms with Gasteiger partial charge in [0, 0.05) is 30.6 Å². The SMILES string of the molecule is CN/C=C(/NC(=O)c1csc(C(F)F)n1)C(=N)N1CCC(C)(C)C1=O. The van der Waals surface area contributed by atoms with Gasteiger partial charge in [-0.3, -0.25) is 19.9 Å². The summed E-state index contributed by atoms with van der Waals surface area (Å²) in [5, 5.41) is 14.1. The highest BCUT2D eigenvalue weighted by Gasteiger charge is 2.41. The number of carbonyl (C=O) groups excluding carboxylic acids is 2. The number of aromatic nitrogens is 1. The van der Waals surface area contributed by atoms with Crippen molar-refractivity contribution in [2.45, 2.75) is 26.7 Å². The lowest BCUT2D eigenvalue weighted by Gasteiger charge is -2.22. The highest BCUT2D eigenvalue weighted by Crippen LogP contribution is 2.31. The first-order chi connectivity index (χ1) is 11.7. The van der Waals surface area contributed by atoms with Crippen LogP contribution in [0, 0.1) is 10.8 Å². The molecule has 2 rings (SSSR count). The summed E-state index contributed by atoms with van der Waals surface area (Å²) in [6, 6.07) is 0. The Kier molecular flexibility index (Phi) is 5.51. The minimum atomic E-state index is -2.75. The third-order valence-corrected chi connectivity index (χ3v) is 4.64. The van der Waals surface area contributed by atoms with Crippen LogP contribution in [-0.4, -0.2) is 41.1 Å². The van der Waals surface area contributed by atoms with Gasteiger partial charge in [0.15, 0.2) is 10.8 Å². The Hall–Kier alpha value is -2.36. The molecule has 1 fully saturated rings. The van der Waals surface area contributed by atoms with Crippen molar-refractivity contribution in [3.8, 4) is 0 Å². The van der Waals surface area contributed by atoms with E-state index < -0.39 is 22.8 Å². The molecule has 0 atom stereocenters. The molecule has 1 aliphatic heterocycles. The van der Waals surface area contributed by atoms with Crippen LogP contribution in [0.3, 0.4) is 0 Å². The van der Waals surface area contributed by atoms with Gasteiger partial charge in [0.05, 0.1) is 5.70 Å². The van der Waals surface area contributed by atoms with E-state index in [0.717, 1.165) is 0 Å². The van der Waals surface area contributed by atoms with Crippen LogP contribution in [0.2, 0.25) is 0 Å². The summed E-state index contributed by atoms with van der Waals surface area (Å²) in [5.74, 6) is -1.09. The van der Waals surface area contributed by atoms with Crippen molar-refractivity contribution in [2.75, 3.05) is 13.6 Å². The number of thiazole rings is 1. The Morgan fingerprint density at radius 3 is 2.68 bits per heavy atom. The van der Waals surface area contributed by atoms with Gasteiger partial charge < -0.3 is 10.6 Å². The lowest BCUT2D eigenvalue weighted by Crippen LogP contribution is -2.41. The Morgan fingerprint density at radius 2 is 2.20 bits per heavy atom. The molecule has 1 aromatic heterocycles. The van der Waals surface area contributed by atoms with Gasteiger partial charge in [0.2, 0.25) is 5.91 Å². The second-order valence-electron chi connectivity index (χ2n) is 6.11. The van der Waals surface area contributed by atoms with Gasteiger partial charge in [-0.25, -0.2) is 13.8 Å². The topological polar surface area (TPSA) is 98.2 Å². The van der Waals surface area contributed by atoms with E-state index in [1.165, 1.54) is 16.5 Å². The Labute approximate surface area is 147 Å². The number of halogens is 2. The van der Waals surface area contributed by atoms with Gasteiger partial charge in [-0.05, 0) is 6.42 Å². The van der Waals surface area contributed by atoms with E-state index in [-0.39, 0.29) is 23.1 Å². The van der Waals surface area contributed by atoms with Gasteiger partial charge in [-0.1, -0.05) is 13.8 Å². The third-order valence-electron chi connectivity index (χ3n) is 3.79. The largest absolute Gasteiger partial charge is 0.392 e. The maximum absolute atomic E-state index is 12.6. The van der Waals surface area contributed by atoms with Gasteiger partial charge in [0.25, 0.3) is 12.3 Å². The summed E-state index contributed by atoms with van der Waals surface area (Å²) in [5.41, 5.74) is -0.671. The average molecular weight is 371 g/mol. The Bertz CT molecular complexity index is 729. The molecule has 10 heteroatoms. The summed E-state index contributed by atoms with van der Waals surface area (Å²) < 4.78 is 25.2. The highest BCUT2D eigenvalue weighted by molar-refractivity contribution is 7.09. The van der Waals surface area contributed by atoms with Crippen LogP contribution in [0.4, 0.5) is 8.78 Å². The predicted octanol–water partition coefficient (Wildman–Crippen LogP) is 2.11. The van der Waals surface area contributed by atoms with Crippen molar-refractivity contribution < 1.29 is 18.4 Å². The van der Waals surface area contributed by atoms with E-state index in [9.17, 15) is 18.4 Å². The fourth-order valence-electron chi connectivity index (χ4n) is 2.31. The molecule has 0 unspecified atom stereocenters. The van der Waals surface area contributed by atoms with Crippen molar-refractivity contribution >= 4 is 29.0 Å². The molecule has 1 aromatic rings. The first-order valence-electron chi connectivity index (χ1n) is 7.50. The molecule has 3 N–H and O–H groups in total. The summed E-state index contributed by atoms with van der Waals surface area (Å²) in [6.07, 6.45) is -0.792. The van der Waals surface area contributed by atoms with Crippen molar-refractivity contribution in [3.05, 3.63) is 28.0 Å². The van der Waals surface area contributed by atoms with Crippen LogP contribution < -0.4 is 10.6 Å². The van der Waals surface area contributed by atoms with Gasteiger partial charge >= 0.3 is 0 Å². The van der Waals surface area contributed by atoms with Crippen molar-refractivity contribution in [1.82, 2.24) is 20.5 Å². The van der Waals surface area contributed by atoms with Crippen molar-refractivity contribution in [1.29, 1.82) is 5.41 Å². The summed E-state index contributed by atoms with van der Waals surface area (Å²) in [6.45, 7) is 3.96. The molecule has 136 valence electrons. The quantitative estimate of drug-likeness (QED) is 0.545. The first kappa shape index (κ1) is 19.0. The second kappa shape index (κ2) is 7.26. The summed E-state index contributed by atoms with van der Waals surface area (Å²) in [7, 11) is 1.58. The van der Waals surface area contributed by atoms with E-state index in [1.807, 2.05) is 0 Å². The van der Waals surface area contributed by atoms with E-state index in [1.54, 1.807) is 20.9 Å². The van der Waals surface area contributed by atoms with Crippen LogP contribution in [0.25, 0.3) is 0 Å².